The number of hydrogen-bond acceptors (Lipinski definition) is 6. The van der Waals surface area contributed by atoms with Gasteiger partial charge in [-0.25, -0.2) is 0 Å². The van der Waals surface area contributed by atoms with Gasteiger partial charge >= 0.3 is 0 Å². The summed E-state index contributed by atoms with van der Waals surface area (Å²) in [7, 11) is 3.91. The van der Waals surface area contributed by atoms with Crippen molar-refractivity contribution < 1.29 is 24.4 Å². The number of phenols is 2. The summed E-state index contributed by atoms with van der Waals surface area (Å²) in [6.45, 7) is 0. The van der Waals surface area contributed by atoms with Crippen LogP contribution in [-0.2, 0) is 15.3 Å². The Morgan fingerprint density at radius 2 is 1.76 bits per heavy atom. The summed E-state index contributed by atoms with van der Waals surface area (Å²) in [5, 5.41) is 28.0. The lowest BCUT2D eigenvalue weighted by molar-refractivity contribution is -0.171. The first-order valence-electron chi connectivity index (χ1n) is 4.66. The number of aromatic hydroxyl groups is 2. The van der Waals surface area contributed by atoms with Crippen LogP contribution in [0.1, 0.15) is 5.56 Å². The number of nitriles is 1. The number of ether oxygens (including phenoxy) is 3. The second-order valence-corrected chi connectivity index (χ2v) is 3.18. The molecule has 0 saturated carbocycles. The van der Waals surface area contributed by atoms with Crippen LogP contribution < -0.4 is 4.74 Å². The fourth-order valence-corrected chi connectivity index (χ4v) is 1.41. The predicted octanol–water partition coefficient (Wildman–Crippen LogP) is 1.08. The molecule has 0 amide bonds. The normalized spacial score (nSPS) is 10.9. The van der Waals surface area contributed by atoms with Crippen LogP contribution in [0.3, 0.4) is 0 Å². The largest absolute Gasteiger partial charge is 0.504 e. The van der Waals surface area contributed by atoms with E-state index < -0.39 is 17.3 Å². The molecule has 1 aromatic carbocycles. The minimum Gasteiger partial charge on any atom is -0.504 e. The molecule has 0 saturated heterocycles. The van der Waals surface area contributed by atoms with Crippen LogP contribution in [0.15, 0.2) is 12.1 Å². The third-order valence-electron chi connectivity index (χ3n) is 2.38. The van der Waals surface area contributed by atoms with Gasteiger partial charge in [0.25, 0.3) is 5.79 Å². The molecule has 0 aliphatic heterocycles. The monoisotopic (exact) mass is 239 g/mol. The molecule has 0 bridgehead atoms. The average Bonchev–Trinajstić information content (AvgIpc) is 2.36. The molecule has 0 fully saturated rings. The van der Waals surface area contributed by atoms with Gasteiger partial charge in [-0.15, -0.1) is 0 Å². The zero-order valence-electron chi connectivity index (χ0n) is 9.72. The van der Waals surface area contributed by atoms with Gasteiger partial charge < -0.3 is 24.4 Å². The maximum atomic E-state index is 9.51. The summed E-state index contributed by atoms with van der Waals surface area (Å²) in [6, 6.07) is 4.36. The molecule has 0 atom stereocenters. The SMILES string of the molecule is COc1cc(C(C#N)(OC)OC)cc(O)c1O. The zero-order chi connectivity index (χ0) is 13.1. The van der Waals surface area contributed by atoms with E-state index in [0.717, 1.165) is 0 Å². The van der Waals surface area contributed by atoms with Crippen LogP contribution in [0.25, 0.3) is 0 Å². The Morgan fingerprint density at radius 3 is 2.18 bits per heavy atom. The lowest BCUT2D eigenvalue weighted by Crippen LogP contribution is -2.28. The van der Waals surface area contributed by atoms with E-state index in [1.165, 1.54) is 33.5 Å². The molecule has 0 aliphatic carbocycles. The van der Waals surface area contributed by atoms with Gasteiger partial charge in [-0.3, -0.25) is 0 Å². The first-order valence-corrected chi connectivity index (χ1v) is 4.66. The Balaban J connectivity index is 3.42. The summed E-state index contributed by atoms with van der Waals surface area (Å²) in [5.74, 6) is -2.46. The van der Waals surface area contributed by atoms with E-state index in [1.54, 1.807) is 0 Å². The number of nitrogens with zero attached hydrogens (tertiary/aromatic N) is 1. The van der Waals surface area contributed by atoms with Gasteiger partial charge in [0, 0.05) is 19.8 Å². The van der Waals surface area contributed by atoms with E-state index in [-0.39, 0.29) is 11.3 Å². The van der Waals surface area contributed by atoms with Crippen molar-refractivity contribution in [1.82, 2.24) is 0 Å². The second kappa shape index (κ2) is 4.91. The summed E-state index contributed by atoms with van der Waals surface area (Å²) in [4.78, 5) is 0. The molecule has 92 valence electrons. The topological polar surface area (TPSA) is 91.9 Å². The molecule has 17 heavy (non-hydrogen) atoms. The minimum atomic E-state index is -1.65. The molecule has 0 unspecified atom stereocenters. The quantitative estimate of drug-likeness (QED) is 0.603. The highest BCUT2D eigenvalue weighted by molar-refractivity contribution is 5.53. The van der Waals surface area contributed by atoms with Crippen LogP contribution >= 0.6 is 0 Å². The Kier molecular flexibility index (Phi) is 3.78. The highest BCUT2D eigenvalue weighted by Crippen LogP contribution is 2.40. The van der Waals surface area contributed by atoms with Gasteiger partial charge in [0.15, 0.2) is 11.5 Å². The minimum absolute atomic E-state index is 0.0220. The van der Waals surface area contributed by atoms with E-state index in [0.29, 0.717) is 0 Å². The van der Waals surface area contributed by atoms with Crippen molar-refractivity contribution in [3.8, 4) is 23.3 Å². The van der Waals surface area contributed by atoms with E-state index in [4.69, 9.17) is 19.5 Å². The van der Waals surface area contributed by atoms with Crippen molar-refractivity contribution in [2.24, 2.45) is 0 Å². The van der Waals surface area contributed by atoms with E-state index in [2.05, 4.69) is 0 Å². The molecule has 1 rings (SSSR count). The number of methoxy groups -OCH3 is 3. The second-order valence-electron chi connectivity index (χ2n) is 3.18. The van der Waals surface area contributed by atoms with Crippen LogP contribution in [0.5, 0.6) is 17.2 Å². The Labute approximate surface area is 98.6 Å². The first-order chi connectivity index (χ1) is 8.04. The van der Waals surface area contributed by atoms with Crippen molar-refractivity contribution in [2.45, 2.75) is 5.79 Å². The van der Waals surface area contributed by atoms with E-state index >= 15 is 0 Å². The summed E-state index contributed by atoms with van der Waals surface area (Å²) in [5.41, 5.74) is 0.220. The van der Waals surface area contributed by atoms with Gasteiger partial charge in [-0.2, -0.15) is 5.26 Å². The lowest BCUT2D eigenvalue weighted by Gasteiger charge is -2.24. The molecule has 0 aromatic heterocycles. The van der Waals surface area contributed by atoms with Gasteiger partial charge in [0.05, 0.1) is 7.11 Å². The first kappa shape index (κ1) is 13.1. The van der Waals surface area contributed by atoms with Gasteiger partial charge in [0.1, 0.15) is 6.07 Å². The third kappa shape index (κ3) is 2.11. The highest BCUT2D eigenvalue weighted by Gasteiger charge is 2.34. The summed E-state index contributed by atoms with van der Waals surface area (Å²) < 4.78 is 14.8. The van der Waals surface area contributed by atoms with Gasteiger partial charge in [0.2, 0.25) is 5.75 Å². The van der Waals surface area contributed by atoms with Crippen LogP contribution in [-0.4, -0.2) is 31.5 Å². The van der Waals surface area contributed by atoms with Crippen molar-refractivity contribution in [2.75, 3.05) is 21.3 Å². The third-order valence-corrected chi connectivity index (χ3v) is 2.38. The molecule has 0 radical (unpaired) electrons. The highest BCUT2D eigenvalue weighted by atomic mass is 16.7. The molecule has 0 aliphatic rings. The maximum absolute atomic E-state index is 9.51. The fraction of sp³-hybridized carbons (Fsp3) is 0.364. The van der Waals surface area contributed by atoms with E-state index in [1.807, 2.05) is 6.07 Å². The molecular weight excluding hydrogens is 226 g/mol. The maximum Gasteiger partial charge on any atom is 0.286 e. The Morgan fingerprint density at radius 1 is 1.18 bits per heavy atom. The van der Waals surface area contributed by atoms with Crippen molar-refractivity contribution in [3.63, 3.8) is 0 Å². The summed E-state index contributed by atoms with van der Waals surface area (Å²) in [6.07, 6.45) is 0. The van der Waals surface area contributed by atoms with Crippen molar-refractivity contribution in [1.29, 1.82) is 5.26 Å². The zero-order valence-corrected chi connectivity index (χ0v) is 9.72. The summed E-state index contributed by atoms with van der Waals surface area (Å²) >= 11 is 0. The molecule has 1 aromatic rings. The molecule has 2 N–H and O–H groups in total. The van der Waals surface area contributed by atoms with Crippen molar-refractivity contribution >= 4 is 0 Å². The predicted molar refractivity (Wildman–Crippen MR) is 57.6 cm³/mol. The molecule has 6 nitrogen and oxygen atoms in total. The smallest absolute Gasteiger partial charge is 0.286 e. The standard InChI is InChI=1S/C11H13NO5/c1-15-9-5-7(4-8(13)10(9)14)11(6-12,16-2)17-3/h4-5,13-14H,1-3H3. The number of phenolic OH excluding ortho intramolecular Hbond substituents is 2. The average molecular weight is 239 g/mol. The Bertz CT molecular complexity index is 448. The van der Waals surface area contributed by atoms with Gasteiger partial charge in [-0.05, 0) is 12.1 Å². The number of hydrogen-bond donors (Lipinski definition) is 2. The molecule has 0 spiro atoms. The van der Waals surface area contributed by atoms with Crippen LogP contribution in [0, 0.1) is 11.3 Å². The molecule has 0 heterocycles. The van der Waals surface area contributed by atoms with Crippen LogP contribution in [0.4, 0.5) is 0 Å². The van der Waals surface area contributed by atoms with Crippen LogP contribution in [0.2, 0.25) is 0 Å². The number of rotatable bonds is 4. The Hall–Kier alpha value is -1.97. The van der Waals surface area contributed by atoms with E-state index in [9.17, 15) is 10.2 Å². The molecule has 6 heteroatoms. The number of benzene rings is 1. The molecular formula is C11H13NO5. The fourth-order valence-electron chi connectivity index (χ4n) is 1.41. The lowest BCUT2D eigenvalue weighted by atomic mass is 10.1. The van der Waals surface area contributed by atoms with Crippen molar-refractivity contribution in [3.05, 3.63) is 17.7 Å². The van der Waals surface area contributed by atoms with Gasteiger partial charge in [-0.1, -0.05) is 0 Å².